The van der Waals surface area contributed by atoms with Crippen molar-refractivity contribution in [3.05, 3.63) is 53.6 Å². The summed E-state index contributed by atoms with van der Waals surface area (Å²) in [6, 6.07) is 7.89. The summed E-state index contributed by atoms with van der Waals surface area (Å²) in [5.41, 5.74) is 1.16. The molecule has 0 fully saturated rings. The van der Waals surface area contributed by atoms with Crippen LogP contribution in [0.5, 0.6) is 11.5 Å². The molecule has 0 bridgehead atoms. The Bertz CT molecular complexity index is 629. The fraction of sp³-hybridized carbons (Fsp3) is 0.200. The van der Waals surface area contributed by atoms with E-state index in [9.17, 15) is 9.18 Å². The summed E-state index contributed by atoms with van der Waals surface area (Å²) in [7, 11) is 3.10. The molecule has 2 aromatic rings. The zero-order valence-electron chi connectivity index (χ0n) is 11.7. The lowest BCUT2D eigenvalue weighted by Crippen LogP contribution is -2.23. The summed E-state index contributed by atoms with van der Waals surface area (Å²) < 4.78 is 23.0. The van der Waals surface area contributed by atoms with E-state index in [2.05, 4.69) is 10.3 Å². The van der Waals surface area contributed by atoms with E-state index < -0.39 is 5.95 Å². The Balaban J connectivity index is 2.02. The first-order valence-electron chi connectivity index (χ1n) is 6.24. The molecule has 1 amide bonds. The van der Waals surface area contributed by atoms with Crippen LogP contribution in [-0.2, 0) is 6.54 Å². The molecule has 0 radical (unpaired) electrons. The van der Waals surface area contributed by atoms with Gasteiger partial charge in [-0.25, -0.2) is 4.98 Å². The maximum atomic E-state index is 12.7. The van der Waals surface area contributed by atoms with E-state index in [1.165, 1.54) is 12.3 Å². The van der Waals surface area contributed by atoms with Crippen LogP contribution in [0.4, 0.5) is 4.39 Å². The van der Waals surface area contributed by atoms with E-state index in [1.807, 2.05) is 6.07 Å². The predicted molar refractivity (Wildman–Crippen MR) is 74.9 cm³/mol. The number of pyridine rings is 1. The molecule has 6 heteroatoms. The first-order valence-corrected chi connectivity index (χ1v) is 6.24. The summed E-state index contributed by atoms with van der Waals surface area (Å²) >= 11 is 0. The largest absolute Gasteiger partial charge is 0.493 e. The van der Waals surface area contributed by atoms with Crippen LogP contribution in [0.15, 0.2) is 36.5 Å². The molecule has 110 valence electrons. The average molecular weight is 290 g/mol. The Kier molecular flexibility index (Phi) is 4.71. The molecule has 0 unspecified atom stereocenters. The first kappa shape index (κ1) is 14.8. The normalized spacial score (nSPS) is 10.0. The van der Waals surface area contributed by atoms with Gasteiger partial charge in [-0.2, -0.15) is 4.39 Å². The summed E-state index contributed by atoms with van der Waals surface area (Å²) in [6.45, 7) is 0.316. The number of aromatic nitrogens is 1. The van der Waals surface area contributed by atoms with E-state index >= 15 is 0 Å². The minimum Gasteiger partial charge on any atom is -0.493 e. The zero-order chi connectivity index (χ0) is 15.2. The Hall–Kier alpha value is -2.63. The minimum atomic E-state index is -0.619. The number of carbonyl (C=O) groups excluding carboxylic acids is 1. The Morgan fingerprint density at radius 1 is 1.19 bits per heavy atom. The lowest BCUT2D eigenvalue weighted by Gasteiger charge is -2.10. The second-order valence-electron chi connectivity index (χ2n) is 4.24. The van der Waals surface area contributed by atoms with Gasteiger partial charge >= 0.3 is 0 Å². The van der Waals surface area contributed by atoms with E-state index in [4.69, 9.17) is 9.47 Å². The minimum absolute atomic E-state index is 0.303. The number of nitrogens with zero attached hydrogens (tertiary/aromatic N) is 1. The maximum absolute atomic E-state index is 12.7. The van der Waals surface area contributed by atoms with Gasteiger partial charge in [0.15, 0.2) is 11.5 Å². The van der Waals surface area contributed by atoms with Crippen molar-refractivity contribution in [3.8, 4) is 11.5 Å². The highest BCUT2D eigenvalue weighted by Crippen LogP contribution is 2.27. The second kappa shape index (κ2) is 6.69. The van der Waals surface area contributed by atoms with Gasteiger partial charge in [0.2, 0.25) is 5.95 Å². The third-order valence-electron chi connectivity index (χ3n) is 2.89. The van der Waals surface area contributed by atoms with Crippen molar-refractivity contribution in [3.63, 3.8) is 0 Å². The van der Waals surface area contributed by atoms with Gasteiger partial charge in [0.05, 0.1) is 19.8 Å². The molecule has 1 aromatic heterocycles. The molecule has 21 heavy (non-hydrogen) atoms. The number of amides is 1. The van der Waals surface area contributed by atoms with Gasteiger partial charge in [-0.3, -0.25) is 4.79 Å². The molecule has 0 atom stereocenters. The molecule has 0 saturated carbocycles. The molecular weight excluding hydrogens is 275 g/mol. The molecule has 5 nitrogen and oxygen atoms in total. The molecule has 0 aliphatic heterocycles. The molecule has 0 aliphatic carbocycles. The fourth-order valence-corrected chi connectivity index (χ4v) is 1.79. The van der Waals surface area contributed by atoms with Crippen LogP contribution in [0.3, 0.4) is 0 Å². The summed E-state index contributed by atoms with van der Waals surface area (Å²) in [5, 5.41) is 2.73. The summed E-state index contributed by atoms with van der Waals surface area (Å²) in [6.07, 6.45) is 1.19. The number of halogens is 1. The molecule has 0 saturated heterocycles. The summed E-state index contributed by atoms with van der Waals surface area (Å²) in [4.78, 5) is 15.3. The van der Waals surface area contributed by atoms with Gasteiger partial charge in [0.25, 0.3) is 5.91 Å². The van der Waals surface area contributed by atoms with Crippen molar-refractivity contribution in [1.29, 1.82) is 0 Å². The third-order valence-corrected chi connectivity index (χ3v) is 2.89. The monoisotopic (exact) mass is 290 g/mol. The van der Waals surface area contributed by atoms with Crippen molar-refractivity contribution in [2.75, 3.05) is 14.2 Å². The van der Waals surface area contributed by atoms with Crippen molar-refractivity contribution >= 4 is 5.91 Å². The first-order chi connectivity index (χ1) is 10.1. The highest BCUT2D eigenvalue weighted by atomic mass is 19.1. The molecule has 1 heterocycles. The zero-order valence-corrected chi connectivity index (χ0v) is 11.7. The average Bonchev–Trinajstić information content (AvgIpc) is 2.52. The van der Waals surface area contributed by atoms with E-state index in [1.54, 1.807) is 26.4 Å². The van der Waals surface area contributed by atoms with E-state index in [0.29, 0.717) is 23.6 Å². The van der Waals surface area contributed by atoms with Crippen LogP contribution in [0.1, 0.15) is 15.9 Å². The number of ether oxygens (including phenoxy) is 2. The van der Waals surface area contributed by atoms with Gasteiger partial charge in [-0.05, 0) is 29.8 Å². The van der Waals surface area contributed by atoms with Gasteiger partial charge < -0.3 is 14.8 Å². The smallest absolute Gasteiger partial charge is 0.253 e. The molecule has 2 rings (SSSR count). The van der Waals surface area contributed by atoms with Crippen molar-refractivity contribution in [2.24, 2.45) is 0 Å². The molecule has 1 aromatic carbocycles. The Morgan fingerprint density at radius 3 is 2.57 bits per heavy atom. The molecule has 1 N–H and O–H groups in total. The van der Waals surface area contributed by atoms with Crippen LogP contribution in [-0.4, -0.2) is 25.1 Å². The SMILES string of the molecule is COc1ccc(CNC(=O)c2ccc(F)nc2)cc1OC. The number of carbonyl (C=O) groups is 1. The van der Waals surface area contributed by atoms with E-state index in [0.717, 1.165) is 11.6 Å². The number of methoxy groups -OCH3 is 2. The van der Waals surface area contributed by atoms with Gasteiger partial charge in [0.1, 0.15) is 0 Å². The number of hydrogen-bond donors (Lipinski definition) is 1. The highest BCUT2D eigenvalue weighted by Gasteiger charge is 2.08. The Morgan fingerprint density at radius 2 is 1.95 bits per heavy atom. The van der Waals surface area contributed by atoms with Crippen LogP contribution in [0.25, 0.3) is 0 Å². The van der Waals surface area contributed by atoms with Gasteiger partial charge in [-0.1, -0.05) is 6.07 Å². The van der Waals surface area contributed by atoms with Crippen LogP contribution in [0.2, 0.25) is 0 Å². The van der Waals surface area contributed by atoms with Crippen molar-refractivity contribution in [2.45, 2.75) is 6.54 Å². The van der Waals surface area contributed by atoms with Crippen LogP contribution in [0, 0.1) is 5.95 Å². The molecular formula is C15H15FN2O3. The number of nitrogens with one attached hydrogen (secondary N) is 1. The highest BCUT2D eigenvalue weighted by molar-refractivity contribution is 5.93. The van der Waals surface area contributed by atoms with Crippen molar-refractivity contribution in [1.82, 2.24) is 10.3 Å². The lowest BCUT2D eigenvalue weighted by molar-refractivity contribution is 0.0950. The third kappa shape index (κ3) is 3.68. The standard InChI is InChI=1S/C15H15FN2O3/c1-20-12-5-3-10(7-13(12)21-2)8-18-15(19)11-4-6-14(16)17-9-11/h3-7,9H,8H2,1-2H3,(H,18,19). The maximum Gasteiger partial charge on any atom is 0.253 e. The molecule has 0 spiro atoms. The topological polar surface area (TPSA) is 60.5 Å². The summed E-state index contributed by atoms with van der Waals surface area (Å²) in [5.74, 6) is 0.270. The number of rotatable bonds is 5. The Labute approximate surface area is 121 Å². The predicted octanol–water partition coefficient (Wildman–Crippen LogP) is 2.17. The molecule has 0 aliphatic rings. The second-order valence-corrected chi connectivity index (χ2v) is 4.24. The lowest BCUT2D eigenvalue weighted by atomic mass is 10.2. The van der Waals surface area contributed by atoms with Gasteiger partial charge in [0, 0.05) is 12.7 Å². The number of hydrogen-bond acceptors (Lipinski definition) is 4. The van der Waals surface area contributed by atoms with Crippen LogP contribution < -0.4 is 14.8 Å². The quantitative estimate of drug-likeness (QED) is 0.857. The fourth-order valence-electron chi connectivity index (χ4n) is 1.79. The number of benzene rings is 1. The van der Waals surface area contributed by atoms with E-state index in [-0.39, 0.29) is 5.91 Å². The van der Waals surface area contributed by atoms with Gasteiger partial charge in [-0.15, -0.1) is 0 Å². The van der Waals surface area contributed by atoms with Crippen LogP contribution >= 0.6 is 0 Å². The van der Waals surface area contributed by atoms with Crippen molar-refractivity contribution < 1.29 is 18.7 Å².